The van der Waals surface area contributed by atoms with Crippen LogP contribution < -0.4 is 5.32 Å². The fourth-order valence-electron chi connectivity index (χ4n) is 9.49. The van der Waals surface area contributed by atoms with E-state index < -0.39 is 86.8 Å². The molecule has 0 bridgehead atoms. The highest BCUT2D eigenvalue weighted by atomic mass is 16.7. The van der Waals surface area contributed by atoms with Gasteiger partial charge in [0.2, 0.25) is 5.91 Å². The van der Waals surface area contributed by atoms with Crippen LogP contribution in [0, 0.1) is 0 Å². The second-order valence-electron chi connectivity index (χ2n) is 21.8. The van der Waals surface area contributed by atoms with Crippen molar-refractivity contribution in [2.45, 2.75) is 274 Å². The molecule has 2 fully saturated rings. The fourth-order valence-corrected chi connectivity index (χ4v) is 9.49. The Kier molecular flexibility index (Phi) is 47.5. The SMILES string of the molecule is CC/C=C\C/C=C\C/C=C\C/C=C\C/C=C\C/C=C\C/C=C\C/C=C\C/C=C\C/C=C\CCCCC(=O)NC(COC1OC(CO)C(OC2OC(CO)C(O)C(O)C2O)C(O)C1O)C(O)/C=C/CCCCCCCCCCCCCCCC. The van der Waals surface area contributed by atoms with Crippen LogP contribution in [0.4, 0.5) is 0 Å². The molecule has 0 spiro atoms. The van der Waals surface area contributed by atoms with E-state index in [2.05, 4.69) is 141 Å². The molecule has 9 N–H and O–H groups in total. The Hall–Kier alpha value is -3.87. The number of rotatable bonds is 49. The smallest absolute Gasteiger partial charge is 0.220 e. The van der Waals surface area contributed by atoms with Gasteiger partial charge in [-0.05, 0) is 96.3 Å². The molecular weight excluding hydrogens is 1050 g/mol. The molecule has 0 saturated carbocycles. The molecule has 2 heterocycles. The third-order valence-electron chi connectivity index (χ3n) is 14.6. The summed E-state index contributed by atoms with van der Waals surface area (Å²) in [7, 11) is 0. The third kappa shape index (κ3) is 37.3. The number of aliphatic hydroxyl groups excluding tert-OH is 8. The third-order valence-corrected chi connectivity index (χ3v) is 14.6. The van der Waals surface area contributed by atoms with Crippen molar-refractivity contribution in [3.8, 4) is 0 Å². The summed E-state index contributed by atoms with van der Waals surface area (Å²) in [6.07, 6.45) is 60.6. The minimum atomic E-state index is -1.80. The molecule has 1 amide bonds. The summed E-state index contributed by atoms with van der Waals surface area (Å²) < 4.78 is 22.8. The molecule has 12 unspecified atom stereocenters. The number of nitrogens with one attached hydrogen (secondary N) is 1. The molecule has 2 saturated heterocycles. The Bertz CT molecular complexity index is 1900. The highest BCUT2D eigenvalue weighted by molar-refractivity contribution is 5.76. The topological polar surface area (TPSA) is 228 Å². The van der Waals surface area contributed by atoms with Gasteiger partial charge in [-0.1, -0.05) is 231 Å². The maximum absolute atomic E-state index is 13.3. The number of carbonyl (C=O) groups excluding carboxylic acids is 1. The number of aliphatic hydroxyl groups is 8. The van der Waals surface area contributed by atoms with Crippen LogP contribution in [0.25, 0.3) is 0 Å². The molecule has 83 heavy (non-hydrogen) atoms. The normalized spacial score (nSPS) is 24.7. The van der Waals surface area contributed by atoms with E-state index in [9.17, 15) is 45.6 Å². The van der Waals surface area contributed by atoms with E-state index in [4.69, 9.17) is 18.9 Å². The van der Waals surface area contributed by atoms with Crippen molar-refractivity contribution in [2.75, 3.05) is 19.8 Å². The van der Waals surface area contributed by atoms with Gasteiger partial charge in [-0.3, -0.25) is 4.79 Å². The minimum Gasteiger partial charge on any atom is -0.394 e. The summed E-state index contributed by atoms with van der Waals surface area (Å²) in [5.41, 5.74) is 0. The zero-order chi connectivity index (χ0) is 60.2. The summed E-state index contributed by atoms with van der Waals surface area (Å²) in [6.45, 7) is 2.64. The van der Waals surface area contributed by atoms with E-state index in [0.717, 1.165) is 103 Å². The predicted molar refractivity (Wildman–Crippen MR) is 336 cm³/mol. The number of carbonyl (C=O) groups is 1. The Morgan fingerprint density at radius 2 is 0.831 bits per heavy atom. The molecule has 2 rings (SSSR count). The lowest BCUT2D eigenvalue weighted by molar-refractivity contribution is -0.359. The van der Waals surface area contributed by atoms with Crippen molar-refractivity contribution < 1.29 is 64.6 Å². The van der Waals surface area contributed by atoms with Gasteiger partial charge < -0.3 is 65.1 Å². The number of hydrogen-bond donors (Lipinski definition) is 9. The minimum absolute atomic E-state index is 0.217. The van der Waals surface area contributed by atoms with E-state index in [1.54, 1.807) is 6.08 Å². The van der Waals surface area contributed by atoms with E-state index in [-0.39, 0.29) is 18.9 Å². The average Bonchev–Trinajstić information content (AvgIpc) is 3.63. The van der Waals surface area contributed by atoms with Crippen molar-refractivity contribution in [3.63, 3.8) is 0 Å². The van der Waals surface area contributed by atoms with Gasteiger partial charge in [-0.2, -0.15) is 0 Å². The zero-order valence-corrected chi connectivity index (χ0v) is 50.9. The molecule has 14 nitrogen and oxygen atoms in total. The lowest BCUT2D eigenvalue weighted by Gasteiger charge is -2.46. The maximum atomic E-state index is 13.3. The van der Waals surface area contributed by atoms with Crippen LogP contribution >= 0.6 is 0 Å². The predicted octanol–water partition coefficient (Wildman–Crippen LogP) is 11.9. The van der Waals surface area contributed by atoms with Gasteiger partial charge in [-0.15, -0.1) is 0 Å². The van der Waals surface area contributed by atoms with Gasteiger partial charge in [0, 0.05) is 6.42 Å². The van der Waals surface area contributed by atoms with Crippen LogP contribution in [0.2, 0.25) is 0 Å². The number of allylic oxidation sites excluding steroid dienone is 21. The van der Waals surface area contributed by atoms with Crippen molar-refractivity contribution in [1.29, 1.82) is 0 Å². The van der Waals surface area contributed by atoms with Crippen molar-refractivity contribution >= 4 is 5.91 Å². The van der Waals surface area contributed by atoms with Crippen LogP contribution in [0.15, 0.2) is 134 Å². The van der Waals surface area contributed by atoms with Crippen LogP contribution in [0.3, 0.4) is 0 Å². The summed E-state index contributed by atoms with van der Waals surface area (Å²) in [4.78, 5) is 13.3. The molecule has 12 atom stereocenters. The standard InChI is InChI=1S/C69H113NO13/c1-3-5-7-9-11-13-15-17-19-21-22-23-24-25-26-27-28-29-30-31-32-33-34-35-36-37-39-41-43-45-47-49-51-53-61(74)70-57(58(73)52-50-48-46-44-42-40-38-20-18-16-14-12-10-8-6-4-2)56-80-68-66(79)64(77)67(60(55-72)82-68)83-69-65(78)63(76)62(75)59(54-71)81-69/h5,7,11,13,17,19,22-23,25-26,28-29,31-32,34-35,37,39,43,45,50,52,57-60,62-69,71-73,75-79H,3-4,6,8-10,12,14-16,18,20-21,24,27,30,33,36,38,40-42,44,46-49,51,53-56H2,1-2H3,(H,70,74)/b7-5-,13-11-,19-17-,23-22-,26-25-,29-28-,32-31-,35-34-,39-37-,45-43-,52-50+. The number of unbranched alkanes of at least 4 members (excludes halogenated alkanes) is 16. The Balaban J connectivity index is 1.74. The summed E-state index contributed by atoms with van der Waals surface area (Å²) >= 11 is 0. The molecule has 0 aromatic heterocycles. The first-order valence-electron chi connectivity index (χ1n) is 31.9. The Labute approximate surface area is 500 Å². The van der Waals surface area contributed by atoms with Crippen LogP contribution in [-0.2, 0) is 23.7 Å². The molecule has 0 radical (unpaired) electrons. The number of amides is 1. The maximum Gasteiger partial charge on any atom is 0.220 e. The Morgan fingerprint density at radius 3 is 1.28 bits per heavy atom. The first-order chi connectivity index (χ1) is 40.6. The molecule has 472 valence electrons. The number of hydrogen-bond acceptors (Lipinski definition) is 13. The van der Waals surface area contributed by atoms with E-state index >= 15 is 0 Å². The van der Waals surface area contributed by atoms with Gasteiger partial charge in [0.05, 0.1) is 32.0 Å². The first-order valence-corrected chi connectivity index (χ1v) is 31.9. The van der Waals surface area contributed by atoms with E-state index in [1.807, 2.05) is 6.08 Å². The highest BCUT2D eigenvalue weighted by Crippen LogP contribution is 2.30. The van der Waals surface area contributed by atoms with Gasteiger partial charge in [0.15, 0.2) is 12.6 Å². The number of ether oxygens (including phenoxy) is 4. The second-order valence-corrected chi connectivity index (χ2v) is 21.8. The van der Waals surface area contributed by atoms with Crippen LogP contribution in [0.1, 0.15) is 200 Å². The average molecular weight is 1160 g/mol. The zero-order valence-electron chi connectivity index (χ0n) is 50.9. The van der Waals surface area contributed by atoms with Crippen molar-refractivity contribution in [1.82, 2.24) is 5.32 Å². The molecule has 2 aliphatic heterocycles. The largest absolute Gasteiger partial charge is 0.394 e. The van der Waals surface area contributed by atoms with Crippen LogP contribution in [0.5, 0.6) is 0 Å². The van der Waals surface area contributed by atoms with Crippen molar-refractivity contribution in [3.05, 3.63) is 134 Å². The van der Waals surface area contributed by atoms with E-state index in [0.29, 0.717) is 6.42 Å². The lowest BCUT2D eigenvalue weighted by Crippen LogP contribution is -2.65. The van der Waals surface area contributed by atoms with Gasteiger partial charge >= 0.3 is 0 Å². The van der Waals surface area contributed by atoms with Crippen molar-refractivity contribution in [2.24, 2.45) is 0 Å². The monoisotopic (exact) mass is 1160 g/mol. The van der Waals surface area contributed by atoms with Gasteiger partial charge in [-0.25, -0.2) is 0 Å². The summed E-state index contributed by atoms with van der Waals surface area (Å²) in [6, 6.07) is -0.948. The summed E-state index contributed by atoms with van der Waals surface area (Å²) in [5, 5.41) is 87.1. The Morgan fingerprint density at radius 1 is 0.446 bits per heavy atom. The molecule has 0 aromatic rings. The first kappa shape index (κ1) is 75.2. The fraction of sp³-hybridized carbons (Fsp3) is 0.667. The molecule has 2 aliphatic rings. The molecule has 0 aliphatic carbocycles. The summed E-state index contributed by atoms with van der Waals surface area (Å²) in [5.74, 6) is -0.287. The quantitative estimate of drug-likeness (QED) is 0.0204. The van der Waals surface area contributed by atoms with E-state index in [1.165, 1.54) is 70.6 Å². The lowest BCUT2D eigenvalue weighted by atomic mass is 9.97. The highest BCUT2D eigenvalue weighted by Gasteiger charge is 2.51. The van der Waals surface area contributed by atoms with Crippen LogP contribution in [-0.4, -0.2) is 140 Å². The van der Waals surface area contributed by atoms with Gasteiger partial charge in [0.1, 0.15) is 48.8 Å². The molecular formula is C69H113NO13. The second kappa shape index (κ2) is 52.5. The molecule has 14 heteroatoms. The molecule has 0 aromatic carbocycles. The van der Waals surface area contributed by atoms with Gasteiger partial charge in [0.25, 0.3) is 0 Å².